The molecule has 0 amide bonds. The van der Waals surface area contributed by atoms with Crippen molar-refractivity contribution in [3.8, 4) is 0 Å². The summed E-state index contributed by atoms with van der Waals surface area (Å²) >= 11 is 11.9. The molecule has 0 aliphatic rings. The molecule has 0 bridgehead atoms. The standard InChI is InChI=1S/C13H19Cl2N3/c1-9(2)5-6-17-13(16)18-8-10-3-4-11(14)7-12(10)15/h3-4,7,9H,5-6,8H2,1-2H3,(H3,16,17,18). The van der Waals surface area contributed by atoms with Gasteiger partial charge < -0.3 is 11.1 Å². The van der Waals surface area contributed by atoms with Gasteiger partial charge in [-0.15, -0.1) is 0 Å². The van der Waals surface area contributed by atoms with Gasteiger partial charge in [-0.25, -0.2) is 4.99 Å². The van der Waals surface area contributed by atoms with Crippen LogP contribution in [0.15, 0.2) is 23.2 Å². The summed E-state index contributed by atoms with van der Waals surface area (Å²) in [6.07, 6.45) is 1.07. The Morgan fingerprint density at radius 3 is 2.72 bits per heavy atom. The Morgan fingerprint density at radius 2 is 2.11 bits per heavy atom. The third kappa shape index (κ3) is 5.61. The van der Waals surface area contributed by atoms with Crippen LogP contribution in [0.1, 0.15) is 25.8 Å². The normalized spacial score (nSPS) is 11.9. The molecule has 0 unspecified atom stereocenters. The van der Waals surface area contributed by atoms with E-state index in [1.165, 1.54) is 0 Å². The highest BCUT2D eigenvalue weighted by Gasteiger charge is 2.01. The van der Waals surface area contributed by atoms with E-state index in [-0.39, 0.29) is 0 Å². The number of guanidine groups is 1. The summed E-state index contributed by atoms with van der Waals surface area (Å²) in [7, 11) is 0. The van der Waals surface area contributed by atoms with Gasteiger partial charge in [-0.3, -0.25) is 0 Å². The number of aliphatic imine (C=N–C) groups is 1. The Kier molecular flexibility index (Phi) is 6.30. The molecular formula is C13H19Cl2N3. The molecule has 0 saturated carbocycles. The maximum Gasteiger partial charge on any atom is 0.188 e. The third-order valence-corrected chi connectivity index (χ3v) is 3.05. The van der Waals surface area contributed by atoms with Crippen molar-refractivity contribution in [3.05, 3.63) is 33.8 Å². The molecule has 0 fully saturated rings. The minimum atomic E-state index is 0.446. The topological polar surface area (TPSA) is 50.4 Å². The van der Waals surface area contributed by atoms with Crippen molar-refractivity contribution in [3.63, 3.8) is 0 Å². The van der Waals surface area contributed by atoms with Gasteiger partial charge in [0.25, 0.3) is 0 Å². The van der Waals surface area contributed by atoms with Gasteiger partial charge in [0, 0.05) is 16.6 Å². The zero-order valence-corrected chi connectivity index (χ0v) is 12.2. The molecule has 0 radical (unpaired) electrons. The number of halogens is 2. The summed E-state index contributed by atoms with van der Waals surface area (Å²) < 4.78 is 0. The largest absolute Gasteiger partial charge is 0.370 e. The second-order valence-electron chi connectivity index (χ2n) is 4.55. The van der Waals surface area contributed by atoms with Gasteiger partial charge in [-0.05, 0) is 30.0 Å². The van der Waals surface area contributed by atoms with Gasteiger partial charge in [0.05, 0.1) is 6.54 Å². The summed E-state index contributed by atoms with van der Waals surface area (Å²) in [6, 6.07) is 5.35. The van der Waals surface area contributed by atoms with Crippen LogP contribution in [0, 0.1) is 5.92 Å². The Bertz CT molecular complexity index is 417. The Labute approximate surface area is 118 Å². The maximum atomic E-state index is 6.04. The zero-order valence-electron chi connectivity index (χ0n) is 10.7. The van der Waals surface area contributed by atoms with E-state index in [9.17, 15) is 0 Å². The summed E-state index contributed by atoms with van der Waals surface area (Å²) in [5, 5.41) is 4.31. The molecule has 0 spiro atoms. The van der Waals surface area contributed by atoms with E-state index >= 15 is 0 Å². The first-order valence-corrected chi connectivity index (χ1v) is 6.72. The third-order valence-electron chi connectivity index (χ3n) is 2.46. The minimum absolute atomic E-state index is 0.446. The number of hydrogen-bond donors (Lipinski definition) is 2. The molecule has 0 saturated heterocycles. The summed E-state index contributed by atoms with van der Waals surface area (Å²) in [4.78, 5) is 4.24. The molecule has 0 aromatic heterocycles. The minimum Gasteiger partial charge on any atom is -0.370 e. The number of nitrogens with zero attached hydrogens (tertiary/aromatic N) is 1. The van der Waals surface area contributed by atoms with Crippen LogP contribution in [0.25, 0.3) is 0 Å². The lowest BCUT2D eigenvalue weighted by molar-refractivity contribution is 0.576. The van der Waals surface area contributed by atoms with E-state index in [1.54, 1.807) is 12.1 Å². The number of rotatable bonds is 5. The smallest absolute Gasteiger partial charge is 0.188 e. The second kappa shape index (κ2) is 7.49. The van der Waals surface area contributed by atoms with Crippen molar-refractivity contribution in [2.45, 2.75) is 26.8 Å². The number of hydrogen-bond acceptors (Lipinski definition) is 1. The van der Waals surface area contributed by atoms with E-state index in [0.29, 0.717) is 28.5 Å². The fourth-order valence-electron chi connectivity index (χ4n) is 1.37. The number of nitrogens with two attached hydrogens (primary N) is 1. The Hall–Kier alpha value is -0.930. The monoisotopic (exact) mass is 287 g/mol. The van der Waals surface area contributed by atoms with Crippen LogP contribution in [-0.4, -0.2) is 12.5 Å². The van der Waals surface area contributed by atoms with Gasteiger partial charge in [0.15, 0.2) is 5.96 Å². The van der Waals surface area contributed by atoms with Crippen molar-refractivity contribution in [2.24, 2.45) is 16.6 Å². The SMILES string of the molecule is CC(C)CCNC(N)=NCc1ccc(Cl)cc1Cl. The number of nitrogens with one attached hydrogen (secondary N) is 1. The van der Waals surface area contributed by atoms with Crippen LogP contribution in [0.4, 0.5) is 0 Å². The maximum absolute atomic E-state index is 6.04. The first-order chi connectivity index (χ1) is 8.49. The second-order valence-corrected chi connectivity index (χ2v) is 5.39. The summed E-state index contributed by atoms with van der Waals surface area (Å²) in [5.74, 6) is 1.10. The van der Waals surface area contributed by atoms with E-state index in [1.807, 2.05) is 6.07 Å². The molecule has 5 heteroatoms. The molecule has 0 aliphatic heterocycles. The molecule has 1 aromatic carbocycles. The first-order valence-electron chi connectivity index (χ1n) is 5.96. The highest BCUT2D eigenvalue weighted by atomic mass is 35.5. The Morgan fingerprint density at radius 1 is 1.39 bits per heavy atom. The summed E-state index contributed by atoms with van der Waals surface area (Å²) in [5.41, 5.74) is 6.67. The fourth-order valence-corrected chi connectivity index (χ4v) is 1.83. The molecule has 0 aliphatic carbocycles. The molecule has 18 heavy (non-hydrogen) atoms. The van der Waals surface area contributed by atoms with Crippen LogP contribution in [-0.2, 0) is 6.54 Å². The first kappa shape index (κ1) is 15.1. The van der Waals surface area contributed by atoms with Crippen LogP contribution < -0.4 is 11.1 Å². The van der Waals surface area contributed by atoms with Gasteiger partial charge in [0.2, 0.25) is 0 Å². The van der Waals surface area contributed by atoms with Gasteiger partial charge in [-0.1, -0.05) is 43.1 Å². The van der Waals surface area contributed by atoms with Gasteiger partial charge >= 0.3 is 0 Å². The molecule has 1 rings (SSSR count). The van der Waals surface area contributed by atoms with Crippen molar-refractivity contribution in [2.75, 3.05) is 6.54 Å². The quantitative estimate of drug-likeness (QED) is 0.644. The van der Waals surface area contributed by atoms with Crippen molar-refractivity contribution in [1.29, 1.82) is 0 Å². The summed E-state index contributed by atoms with van der Waals surface area (Å²) in [6.45, 7) is 5.63. The number of benzene rings is 1. The van der Waals surface area contributed by atoms with E-state index in [2.05, 4.69) is 24.2 Å². The van der Waals surface area contributed by atoms with E-state index in [0.717, 1.165) is 18.5 Å². The highest BCUT2D eigenvalue weighted by molar-refractivity contribution is 6.35. The van der Waals surface area contributed by atoms with E-state index < -0.39 is 0 Å². The van der Waals surface area contributed by atoms with Crippen LogP contribution in [0.3, 0.4) is 0 Å². The lowest BCUT2D eigenvalue weighted by Gasteiger charge is -2.08. The average Bonchev–Trinajstić information content (AvgIpc) is 2.27. The van der Waals surface area contributed by atoms with Crippen LogP contribution in [0.2, 0.25) is 10.0 Å². The molecule has 0 heterocycles. The molecule has 100 valence electrons. The molecule has 0 atom stereocenters. The molecular weight excluding hydrogens is 269 g/mol. The fraction of sp³-hybridized carbons (Fsp3) is 0.462. The average molecular weight is 288 g/mol. The van der Waals surface area contributed by atoms with E-state index in [4.69, 9.17) is 28.9 Å². The highest BCUT2D eigenvalue weighted by Crippen LogP contribution is 2.21. The van der Waals surface area contributed by atoms with Crippen molar-refractivity contribution < 1.29 is 0 Å². The predicted octanol–water partition coefficient (Wildman–Crippen LogP) is 3.44. The molecule has 3 N–H and O–H groups in total. The van der Waals surface area contributed by atoms with Gasteiger partial charge in [0.1, 0.15) is 0 Å². The lowest BCUT2D eigenvalue weighted by Crippen LogP contribution is -2.32. The lowest BCUT2D eigenvalue weighted by atomic mass is 10.1. The van der Waals surface area contributed by atoms with Crippen molar-refractivity contribution in [1.82, 2.24) is 5.32 Å². The zero-order chi connectivity index (χ0) is 13.5. The molecule has 1 aromatic rings. The molecule has 3 nitrogen and oxygen atoms in total. The van der Waals surface area contributed by atoms with Crippen molar-refractivity contribution >= 4 is 29.2 Å². The predicted molar refractivity (Wildman–Crippen MR) is 79.2 cm³/mol. The van der Waals surface area contributed by atoms with Crippen LogP contribution in [0.5, 0.6) is 0 Å². The Balaban J connectivity index is 2.47. The van der Waals surface area contributed by atoms with Crippen LogP contribution >= 0.6 is 23.2 Å². The van der Waals surface area contributed by atoms with Gasteiger partial charge in [-0.2, -0.15) is 0 Å².